The van der Waals surface area contributed by atoms with Crippen molar-refractivity contribution in [3.05, 3.63) is 0 Å². The zero-order valence-corrected chi connectivity index (χ0v) is 11.6. The molecule has 0 unspecified atom stereocenters. The molecule has 15 heavy (non-hydrogen) atoms. The highest BCUT2D eigenvalue weighted by molar-refractivity contribution is 6.18. The zero-order chi connectivity index (χ0) is 10.2. The Morgan fingerprint density at radius 1 is 0.933 bits per heavy atom. The third-order valence-electron chi connectivity index (χ3n) is 3.13. The molecular weight excluding hydrogens is 252 g/mol. The molecule has 0 radical (unpaired) electrons. The van der Waals surface area contributed by atoms with Gasteiger partial charge in [-0.2, -0.15) is 0 Å². The third-order valence-corrected chi connectivity index (χ3v) is 3.47. The predicted molar refractivity (Wildman–Crippen MR) is 71.7 cm³/mol. The molecule has 1 saturated carbocycles. The molecule has 0 aromatic heterocycles. The number of hydrogen-bond acceptors (Lipinski definition) is 1. The molecule has 4 heteroatoms. The maximum absolute atomic E-state index is 5.74. The van der Waals surface area contributed by atoms with Crippen molar-refractivity contribution in [2.24, 2.45) is 5.92 Å². The van der Waals surface area contributed by atoms with Crippen molar-refractivity contribution >= 4 is 35.6 Å². The molecular formula is C11H22Cl3N. The van der Waals surface area contributed by atoms with Gasteiger partial charge < -0.3 is 4.90 Å². The third kappa shape index (κ3) is 6.88. The molecule has 92 valence electrons. The fourth-order valence-electron chi connectivity index (χ4n) is 2.24. The molecule has 0 N–H and O–H groups in total. The van der Waals surface area contributed by atoms with Gasteiger partial charge >= 0.3 is 0 Å². The maximum Gasteiger partial charge on any atom is 0.0351 e. The second-order valence-electron chi connectivity index (χ2n) is 4.16. The van der Waals surface area contributed by atoms with E-state index in [4.69, 9.17) is 23.2 Å². The molecule has 1 rings (SSSR count). The van der Waals surface area contributed by atoms with Crippen LogP contribution in [0.4, 0.5) is 0 Å². The van der Waals surface area contributed by atoms with Gasteiger partial charge in [0.2, 0.25) is 0 Å². The van der Waals surface area contributed by atoms with Gasteiger partial charge in [0.15, 0.2) is 0 Å². The Balaban J connectivity index is 0.00000196. The molecule has 0 aromatic carbocycles. The Kier molecular flexibility index (Phi) is 10.6. The second kappa shape index (κ2) is 10.0. The van der Waals surface area contributed by atoms with Crippen molar-refractivity contribution < 1.29 is 0 Å². The summed E-state index contributed by atoms with van der Waals surface area (Å²) >= 11 is 11.5. The van der Waals surface area contributed by atoms with Crippen LogP contribution in [0.3, 0.4) is 0 Å². The summed E-state index contributed by atoms with van der Waals surface area (Å²) in [5.74, 6) is 2.42. The number of nitrogens with zero attached hydrogens (tertiary/aromatic N) is 1. The Bertz CT molecular complexity index is 132. The lowest BCUT2D eigenvalue weighted by Crippen LogP contribution is -2.29. The average molecular weight is 275 g/mol. The van der Waals surface area contributed by atoms with Gasteiger partial charge in [-0.1, -0.05) is 25.7 Å². The van der Waals surface area contributed by atoms with Crippen LogP contribution in [0, 0.1) is 5.92 Å². The van der Waals surface area contributed by atoms with Crippen LogP contribution >= 0.6 is 35.6 Å². The van der Waals surface area contributed by atoms with Crippen LogP contribution in [0.1, 0.15) is 32.1 Å². The van der Waals surface area contributed by atoms with E-state index in [2.05, 4.69) is 4.90 Å². The Hall–Kier alpha value is 0.830. The molecule has 0 spiro atoms. The molecule has 1 fully saturated rings. The van der Waals surface area contributed by atoms with Gasteiger partial charge in [0.05, 0.1) is 0 Å². The van der Waals surface area contributed by atoms with E-state index >= 15 is 0 Å². The normalized spacial score (nSPS) is 17.0. The van der Waals surface area contributed by atoms with Crippen LogP contribution < -0.4 is 0 Å². The molecule has 0 atom stereocenters. The Morgan fingerprint density at radius 2 is 1.47 bits per heavy atom. The van der Waals surface area contributed by atoms with E-state index in [1.165, 1.54) is 38.6 Å². The fraction of sp³-hybridized carbons (Fsp3) is 1.00. The van der Waals surface area contributed by atoms with Crippen LogP contribution in [-0.2, 0) is 0 Å². The van der Waals surface area contributed by atoms with Crippen molar-refractivity contribution in [2.45, 2.75) is 32.1 Å². The average Bonchev–Trinajstić information content (AvgIpc) is 2.67. The summed E-state index contributed by atoms with van der Waals surface area (Å²) in [4.78, 5) is 2.39. The van der Waals surface area contributed by atoms with Gasteiger partial charge in [-0.15, -0.1) is 35.6 Å². The summed E-state index contributed by atoms with van der Waals surface area (Å²) in [5, 5.41) is 0. The molecule has 0 heterocycles. The topological polar surface area (TPSA) is 3.24 Å². The zero-order valence-electron chi connectivity index (χ0n) is 9.26. The predicted octanol–water partition coefficient (Wildman–Crippen LogP) is 3.77. The fourth-order valence-corrected chi connectivity index (χ4v) is 2.72. The first-order chi connectivity index (χ1) is 6.86. The molecule has 1 aliphatic rings. The lowest BCUT2D eigenvalue weighted by Gasteiger charge is -2.21. The van der Waals surface area contributed by atoms with Gasteiger partial charge in [0, 0.05) is 24.8 Å². The minimum atomic E-state index is 0. The SMILES string of the molecule is Cl.ClCCN(CCCl)CCC1CCCC1. The van der Waals surface area contributed by atoms with E-state index in [9.17, 15) is 0 Å². The summed E-state index contributed by atoms with van der Waals surface area (Å²) in [6, 6.07) is 0. The van der Waals surface area contributed by atoms with Crippen molar-refractivity contribution in [1.29, 1.82) is 0 Å². The van der Waals surface area contributed by atoms with E-state index in [0.29, 0.717) is 0 Å². The largest absolute Gasteiger partial charge is 0.301 e. The van der Waals surface area contributed by atoms with Crippen LogP contribution in [-0.4, -0.2) is 36.3 Å². The second-order valence-corrected chi connectivity index (χ2v) is 4.91. The van der Waals surface area contributed by atoms with E-state index in [0.717, 1.165) is 30.8 Å². The number of hydrogen-bond donors (Lipinski definition) is 0. The highest BCUT2D eigenvalue weighted by Crippen LogP contribution is 2.27. The van der Waals surface area contributed by atoms with Crippen molar-refractivity contribution in [3.63, 3.8) is 0 Å². The van der Waals surface area contributed by atoms with Gasteiger partial charge in [-0.3, -0.25) is 0 Å². The lowest BCUT2D eigenvalue weighted by atomic mass is 10.0. The summed E-state index contributed by atoms with van der Waals surface area (Å²) < 4.78 is 0. The first-order valence-corrected chi connectivity index (χ1v) is 6.78. The standard InChI is InChI=1S/C11H21Cl2N.ClH/c12-6-9-14(10-7-13)8-5-11-3-1-2-4-11;/h11H,1-10H2;1H. The molecule has 0 aromatic rings. The molecule has 0 bridgehead atoms. The van der Waals surface area contributed by atoms with Crippen molar-refractivity contribution in [2.75, 3.05) is 31.4 Å². The minimum absolute atomic E-state index is 0. The minimum Gasteiger partial charge on any atom is -0.301 e. The van der Waals surface area contributed by atoms with Gasteiger partial charge in [0.25, 0.3) is 0 Å². The number of alkyl halides is 2. The van der Waals surface area contributed by atoms with Gasteiger partial charge in [0.1, 0.15) is 0 Å². The van der Waals surface area contributed by atoms with Crippen LogP contribution in [0.25, 0.3) is 0 Å². The van der Waals surface area contributed by atoms with E-state index in [1.54, 1.807) is 0 Å². The molecule has 0 saturated heterocycles. The molecule has 0 amide bonds. The van der Waals surface area contributed by atoms with E-state index in [-0.39, 0.29) is 12.4 Å². The van der Waals surface area contributed by atoms with Gasteiger partial charge in [-0.05, 0) is 18.9 Å². The summed E-state index contributed by atoms with van der Waals surface area (Å²) in [6.45, 7) is 3.16. The van der Waals surface area contributed by atoms with E-state index in [1.807, 2.05) is 0 Å². The van der Waals surface area contributed by atoms with Crippen molar-refractivity contribution in [1.82, 2.24) is 4.90 Å². The first-order valence-electron chi connectivity index (χ1n) is 5.71. The highest BCUT2D eigenvalue weighted by Gasteiger charge is 2.15. The molecule has 1 aliphatic carbocycles. The van der Waals surface area contributed by atoms with Crippen LogP contribution in [0.5, 0.6) is 0 Å². The Morgan fingerprint density at radius 3 is 1.93 bits per heavy atom. The van der Waals surface area contributed by atoms with Gasteiger partial charge in [-0.25, -0.2) is 0 Å². The first kappa shape index (κ1) is 15.8. The summed E-state index contributed by atoms with van der Waals surface area (Å²) in [6.07, 6.45) is 7.10. The summed E-state index contributed by atoms with van der Waals surface area (Å²) in [7, 11) is 0. The van der Waals surface area contributed by atoms with E-state index < -0.39 is 0 Å². The maximum atomic E-state index is 5.74. The summed E-state index contributed by atoms with van der Waals surface area (Å²) in [5.41, 5.74) is 0. The van der Waals surface area contributed by atoms with Crippen molar-refractivity contribution in [3.8, 4) is 0 Å². The quantitative estimate of drug-likeness (QED) is 0.639. The smallest absolute Gasteiger partial charge is 0.0351 e. The van der Waals surface area contributed by atoms with Crippen LogP contribution in [0.15, 0.2) is 0 Å². The highest BCUT2D eigenvalue weighted by atomic mass is 35.5. The number of halogens is 3. The van der Waals surface area contributed by atoms with Crippen LogP contribution in [0.2, 0.25) is 0 Å². The lowest BCUT2D eigenvalue weighted by molar-refractivity contribution is 0.279. The monoisotopic (exact) mass is 273 g/mol. The number of rotatable bonds is 7. The molecule has 1 nitrogen and oxygen atoms in total. The Labute approximate surface area is 110 Å². The molecule has 0 aliphatic heterocycles.